The number of rotatable bonds is 2. The van der Waals surface area contributed by atoms with E-state index in [1.54, 1.807) is 16.4 Å². The molecule has 1 heterocycles. The Morgan fingerprint density at radius 2 is 1.67 bits per heavy atom. The highest BCUT2D eigenvalue weighted by Gasteiger charge is 2.58. The molecule has 1 aromatic carbocycles. The first-order chi connectivity index (χ1) is 8.55. The molecule has 1 aliphatic heterocycles. The minimum absolute atomic E-state index is 0.0258. The van der Waals surface area contributed by atoms with Crippen molar-refractivity contribution in [2.45, 2.75) is 49.5 Å². The van der Waals surface area contributed by atoms with Crippen molar-refractivity contribution >= 4 is 10.0 Å². The third-order valence-corrected chi connectivity index (χ3v) is 6.22. The summed E-state index contributed by atoms with van der Waals surface area (Å²) in [5.41, 5.74) is 1.06. The largest absolute Gasteiger partial charge is 0.243 e. The molecule has 1 unspecified atom stereocenters. The minimum Gasteiger partial charge on any atom is -0.207 e. The Morgan fingerprint density at radius 1 is 1.06 bits per heavy atom. The van der Waals surface area contributed by atoms with Crippen LogP contribution in [0.1, 0.15) is 37.7 Å². The van der Waals surface area contributed by atoms with E-state index in [4.69, 9.17) is 0 Å². The minimum atomic E-state index is -3.26. The zero-order chi connectivity index (χ0) is 12.8. The molecule has 0 bridgehead atoms. The SMILES string of the molecule is Cc1ccc(S(=O)(=O)N2CC23CCCCC3)cc1. The summed E-state index contributed by atoms with van der Waals surface area (Å²) >= 11 is 0. The van der Waals surface area contributed by atoms with Gasteiger partial charge in [0.2, 0.25) is 10.0 Å². The Hall–Kier alpha value is -0.870. The predicted octanol–water partition coefficient (Wildman–Crippen LogP) is 2.70. The molecule has 2 fully saturated rings. The molecule has 0 N–H and O–H groups in total. The Morgan fingerprint density at radius 3 is 2.28 bits per heavy atom. The summed E-state index contributed by atoms with van der Waals surface area (Å²) in [6.45, 7) is 2.69. The quantitative estimate of drug-likeness (QED) is 0.771. The summed E-state index contributed by atoms with van der Waals surface area (Å²) in [6, 6.07) is 7.17. The fourth-order valence-corrected chi connectivity index (χ4v) is 4.86. The second kappa shape index (κ2) is 4.07. The molecule has 4 heteroatoms. The van der Waals surface area contributed by atoms with Crippen LogP contribution in [-0.4, -0.2) is 24.8 Å². The molecule has 2 aliphatic rings. The molecule has 1 saturated carbocycles. The fourth-order valence-electron chi connectivity index (χ4n) is 3.03. The van der Waals surface area contributed by atoms with E-state index in [0.717, 1.165) is 24.9 Å². The van der Waals surface area contributed by atoms with Crippen molar-refractivity contribution < 1.29 is 8.42 Å². The van der Waals surface area contributed by atoms with Gasteiger partial charge in [-0.25, -0.2) is 8.42 Å². The monoisotopic (exact) mass is 265 g/mol. The molecule has 98 valence electrons. The topological polar surface area (TPSA) is 37.1 Å². The maximum absolute atomic E-state index is 12.5. The van der Waals surface area contributed by atoms with Gasteiger partial charge in [-0.1, -0.05) is 37.0 Å². The zero-order valence-corrected chi connectivity index (χ0v) is 11.5. The van der Waals surface area contributed by atoms with E-state index in [1.807, 2.05) is 19.1 Å². The Labute approximate surface area is 109 Å². The molecule has 1 atom stereocenters. The lowest BCUT2D eigenvalue weighted by atomic mass is 9.89. The van der Waals surface area contributed by atoms with Crippen LogP contribution in [0.4, 0.5) is 0 Å². The van der Waals surface area contributed by atoms with Crippen LogP contribution in [0.3, 0.4) is 0 Å². The number of aryl methyl sites for hydroxylation is 1. The normalized spacial score (nSPS) is 26.2. The molecule has 3 rings (SSSR count). The summed E-state index contributed by atoms with van der Waals surface area (Å²) < 4.78 is 26.7. The summed E-state index contributed by atoms with van der Waals surface area (Å²) in [6.07, 6.45) is 5.66. The van der Waals surface area contributed by atoms with Gasteiger partial charge in [0.15, 0.2) is 0 Å². The summed E-state index contributed by atoms with van der Waals surface area (Å²) in [5, 5.41) is 0. The molecular formula is C14H19NO2S. The van der Waals surface area contributed by atoms with Crippen molar-refractivity contribution in [2.75, 3.05) is 6.54 Å². The molecule has 1 aromatic rings. The van der Waals surface area contributed by atoms with E-state index >= 15 is 0 Å². The van der Waals surface area contributed by atoms with E-state index in [1.165, 1.54) is 19.3 Å². The average Bonchev–Trinajstić information content (AvgIpc) is 3.05. The van der Waals surface area contributed by atoms with Crippen LogP contribution < -0.4 is 0 Å². The number of sulfonamides is 1. The van der Waals surface area contributed by atoms with Crippen molar-refractivity contribution in [1.82, 2.24) is 4.31 Å². The Balaban J connectivity index is 1.86. The second-order valence-corrected chi connectivity index (χ2v) is 7.47. The first-order valence-electron chi connectivity index (χ1n) is 6.64. The van der Waals surface area contributed by atoms with Crippen molar-refractivity contribution in [3.05, 3.63) is 29.8 Å². The standard InChI is InChI=1S/C14H19NO2S/c1-12-5-7-13(8-6-12)18(16,17)15-11-14(15)9-3-2-4-10-14/h5-8H,2-4,9-11H2,1H3. The van der Waals surface area contributed by atoms with E-state index in [0.29, 0.717) is 4.90 Å². The summed E-state index contributed by atoms with van der Waals surface area (Å²) in [4.78, 5) is 0.440. The highest BCUT2D eigenvalue weighted by molar-refractivity contribution is 7.89. The Kier molecular flexibility index (Phi) is 2.75. The van der Waals surface area contributed by atoms with Crippen LogP contribution in [0, 0.1) is 6.92 Å². The number of benzene rings is 1. The summed E-state index contributed by atoms with van der Waals surface area (Å²) in [7, 11) is -3.26. The van der Waals surface area contributed by atoms with Crippen LogP contribution in [0.5, 0.6) is 0 Å². The van der Waals surface area contributed by atoms with Crippen molar-refractivity contribution in [1.29, 1.82) is 0 Å². The lowest BCUT2D eigenvalue weighted by Gasteiger charge is -2.22. The maximum atomic E-state index is 12.5. The molecule has 1 aliphatic carbocycles. The molecule has 1 spiro atoms. The van der Waals surface area contributed by atoms with E-state index in [2.05, 4.69) is 0 Å². The van der Waals surface area contributed by atoms with Crippen LogP contribution in [0.2, 0.25) is 0 Å². The van der Waals surface area contributed by atoms with Gasteiger partial charge >= 0.3 is 0 Å². The Bertz CT molecular complexity index is 542. The molecular weight excluding hydrogens is 246 g/mol. The van der Waals surface area contributed by atoms with Crippen molar-refractivity contribution in [3.8, 4) is 0 Å². The van der Waals surface area contributed by atoms with Crippen molar-refractivity contribution in [2.24, 2.45) is 0 Å². The van der Waals surface area contributed by atoms with Gasteiger partial charge < -0.3 is 0 Å². The van der Waals surface area contributed by atoms with Gasteiger partial charge in [0, 0.05) is 6.54 Å². The van der Waals surface area contributed by atoms with Gasteiger partial charge in [-0.15, -0.1) is 0 Å². The number of hydrogen-bond donors (Lipinski definition) is 0. The van der Waals surface area contributed by atoms with Crippen molar-refractivity contribution in [3.63, 3.8) is 0 Å². The molecule has 0 amide bonds. The lowest BCUT2D eigenvalue weighted by Crippen LogP contribution is -2.26. The third kappa shape index (κ3) is 1.88. The average molecular weight is 265 g/mol. The van der Waals surface area contributed by atoms with Crippen LogP contribution in [0.15, 0.2) is 29.2 Å². The van der Waals surface area contributed by atoms with Gasteiger partial charge in [-0.05, 0) is 31.9 Å². The first kappa shape index (κ1) is 12.2. The van der Waals surface area contributed by atoms with Crippen LogP contribution in [0.25, 0.3) is 0 Å². The van der Waals surface area contributed by atoms with Crippen LogP contribution >= 0.6 is 0 Å². The smallest absolute Gasteiger partial charge is 0.207 e. The highest BCUT2D eigenvalue weighted by atomic mass is 32.2. The highest BCUT2D eigenvalue weighted by Crippen LogP contribution is 2.48. The fraction of sp³-hybridized carbons (Fsp3) is 0.571. The third-order valence-electron chi connectivity index (χ3n) is 4.26. The molecule has 0 radical (unpaired) electrons. The molecule has 0 aromatic heterocycles. The predicted molar refractivity (Wildman–Crippen MR) is 70.9 cm³/mol. The maximum Gasteiger partial charge on any atom is 0.243 e. The number of hydrogen-bond acceptors (Lipinski definition) is 2. The van der Waals surface area contributed by atoms with Gasteiger partial charge in [0.1, 0.15) is 0 Å². The second-order valence-electron chi connectivity index (χ2n) is 5.61. The molecule has 3 nitrogen and oxygen atoms in total. The van der Waals surface area contributed by atoms with Crippen LogP contribution in [-0.2, 0) is 10.0 Å². The van der Waals surface area contributed by atoms with Gasteiger partial charge in [-0.2, -0.15) is 4.31 Å². The zero-order valence-electron chi connectivity index (χ0n) is 10.7. The lowest BCUT2D eigenvalue weighted by molar-refractivity contribution is 0.366. The summed E-state index contributed by atoms with van der Waals surface area (Å²) in [5.74, 6) is 0. The first-order valence-corrected chi connectivity index (χ1v) is 8.08. The van der Waals surface area contributed by atoms with Gasteiger partial charge in [-0.3, -0.25) is 0 Å². The molecule has 18 heavy (non-hydrogen) atoms. The van der Waals surface area contributed by atoms with E-state index in [-0.39, 0.29) is 5.54 Å². The molecule has 1 saturated heterocycles. The van der Waals surface area contributed by atoms with Gasteiger partial charge in [0.25, 0.3) is 0 Å². The van der Waals surface area contributed by atoms with E-state index in [9.17, 15) is 8.42 Å². The van der Waals surface area contributed by atoms with E-state index < -0.39 is 10.0 Å². The van der Waals surface area contributed by atoms with Gasteiger partial charge in [0.05, 0.1) is 10.4 Å². The number of nitrogens with zero attached hydrogens (tertiary/aromatic N) is 1.